The van der Waals surface area contributed by atoms with Gasteiger partial charge in [-0.05, 0) is 93.0 Å². The van der Waals surface area contributed by atoms with E-state index in [1.54, 1.807) is 59.7 Å². The van der Waals surface area contributed by atoms with Gasteiger partial charge < -0.3 is 19.9 Å². The van der Waals surface area contributed by atoms with Crippen LogP contribution in [0.5, 0.6) is 11.5 Å². The molecule has 0 heterocycles. The Bertz CT molecular complexity index is 720. The minimum atomic E-state index is -0.746. The number of carbonyl (C=O) groups is 2. The number of carbonyl (C=O) groups excluding carboxylic acids is 2. The number of aliphatic hydroxyl groups excluding tert-OH is 1. The van der Waals surface area contributed by atoms with E-state index in [9.17, 15) is 14.7 Å². The lowest BCUT2D eigenvalue weighted by Crippen LogP contribution is -2.36. The topological polar surface area (TPSA) is 84.9 Å². The number of aliphatic hydroxyl groups is 1. The van der Waals surface area contributed by atoms with Crippen molar-refractivity contribution in [3.05, 3.63) is 23.8 Å². The summed E-state index contributed by atoms with van der Waals surface area (Å²) < 4.78 is 11.0. The lowest BCUT2D eigenvalue weighted by molar-refractivity contribution is -0.145. The molecule has 0 fully saturated rings. The highest BCUT2D eigenvalue weighted by Crippen LogP contribution is 2.34. The molecular formula is C23H37NO5. The zero-order chi connectivity index (χ0) is 22.6. The Balaban J connectivity index is 3.11. The van der Waals surface area contributed by atoms with Crippen LogP contribution in [0.2, 0.25) is 0 Å². The summed E-state index contributed by atoms with van der Waals surface area (Å²) >= 11 is 0. The molecule has 0 aliphatic heterocycles. The third-order valence-electron chi connectivity index (χ3n) is 4.06. The lowest BCUT2D eigenvalue weighted by atomic mass is 9.97. The van der Waals surface area contributed by atoms with E-state index in [1.165, 1.54) is 0 Å². The van der Waals surface area contributed by atoms with Crippen LogP contribution in [0.1, 0.15) is 80.4 Å². The molecule has 6 nitrogen and oxygen atoms in total. The highest BCUT2D eigenvalue weighted by Gasteiger charge is 2.28. The van der Waals surface area contributed by atoms with Crippen molar-refractivity contribution in [3.8, 4) is 11.5 Å². The second kappa shape index (κ2) is 9.26. The Morgan fingerprint density at radius 1 is 0.897 bits per heavy atom. The van der Waals surface area contributed by atoms with E-state index < -0.39 is 28.9 Å². The van der Waals surface area contributed by atoms with Crippen molar-refractivity contribution in [2.45, 2.75) is 80.4 Å². The molecule has 0 spiro atoms. The zero-order valence-corrected chi connectivity index (χ0v) is 19.3. The summed E-state index contributed by atoms with van der Waals surface area (Å²) in [6, 6.07) is 4.81. The normalized spacial score (nSPS) is 13.7. The van der Waals surface area contributed by atoms with E-state index in [0.717, 1.165) is 0 Å². The maximum atomic E-state index is 12.4. The van der Waals surface area contributed by atoms with Gasteiger partial charge in [-0.15, -0.1) is 0 Å². The summed E-state index contributed by atoms with van der Waals surface area (Å²) in [6.45, 7) is 17.3. The molecule has 6 heteroatoms. The van der Waals surface area contributed by atoms with E-state index in [0.29, 0.717) is 18.5 Å². The van der Waals surface area contributed by atoms with Crippen LogP contribution in [0.3, 0.4) is 0 Å². The van der Waals surface area contributed by atoms with Crippen LogP contribution >= 0.6 is 0 Å². The molecule has 0 amide bonds. The van der Waals surface area contributed by atoms with Crippen LogP contribution in [0.4, 0.5) is 0 Å². The van der Waals surface area contributed by atoms with Crippen molar-refractivity contribution in [2.24, 2.45) is 10.8 Å². The van der Waals surface area contributed by atoms with Crippen LogP contribution in [-0.4, -0.2) is 29.1 Å². The van der Waals surface area contributed by atoms with Gasteiger partial charge in [-0.3, -0.25) is 9.59 Å². The summed E-state index contributed by atoms with van der Waals surface area (Å²) in [5, 5.41) is 13.9. The fourth-order valence-corrected chi connectivity index (χ4v) is 2.15. The number of hydrogen-bond acceptors (Lipinski definition) is 6. The van der Waals surface area contributed by atoms with Gasteiger partial charge in [-0.25, -0.2) is 0 Å². The number of benzene rings is 1. The SMILES string of the molecule is CC(C)(C)NCCC(O)c1ccc(OC(=O)C(C)(C)C)c(OC(=O)C(C)(C)C)c1. The Kier molecular flexibility index (Phi) is 8.02. The predicted octanol–water partition coefficient (Wildman–Crippen LogP) is 4.40. The summed E-state index contributed by atoms with van der Waals surface area (Å²) in [5.41, 5.74) is -0.885. The van der Waals surface area contributed by atoms with Gasteiger partial charge in [-0.2, -0.15) is 0 Å². The van der Waals surface area contributed by atoms with Gasteiger partial charge >= 0.3 is 11.9 Å². The maximum Gasteiger partial charge on any atom is 0.316 e. The first-order valence-electron chi connectivity index (χ1n) is 10.0. The van der Waals surface area contributed by atoms with E-state index >= 15 is 0 Å². The minimum absolute atomic E-state index is 0.0435. The van der Waals surface area contributed by atoms with Crippen molar-refractivity contribution >= 4 is 11.9 Å². The first-order chi connectivity index (χ1) is 13.0. The van der Waals surface area contributed by atoms with Crippen LogP contribution in [0.25, 0.3) is 0 Å². The summed E-state index contributed by atoms with van der Waals surface area (Å²) in [5.74, 6) is -0.603. The number of esters is 2. The molecule has 0 saturated carbocycles. The molecule has 0 aromatic heterocycles. The number of rotatable bonds is 6. The van der Waals surface area contributed by atoms with Crippen molar-refractivity contribution in [1.82, 2.24) is 5.32 Å². The molecule has 0 aliphatic carbocycles. The van der Waals surface area contributed by atoms with Gasteiger partial charge in [0.25, 0.3) is 0 Å². The smallest absolute Gasteiger partial charge is 0.316 e. The molecular weight excluding hydrogens is 370 g/mol. The molecule has 1 unspecified atom stereocenters. The molecule has 1 rings (SSSR count). The molecule has 1 atom stereocenters. The molecule has 0 bridgehead atoms. The van der Waals surface area contributed by atoms with E-state index in [-0.39, 0.29) is 17.0 Å². The first kappa shape index (κ1) is 25.1. The molecule has 0 aliphatic rings. The Labute approximate surface area is 175 Å². The van der Waals surface area contributed by atoms with Gasteiger partial charge in [-0.1, -0.05) is 6.07 Å². The van der Waals surface area contributed by atoms with Crippen LogP contribution in [0, 0.1) is 10.8 Å². The fourth-order valence-electron chi connectivity index (χ4n) is 2.15. The van der Waals surface area contributed by atoms with E-state index in [2.05, 4.69) is 26.1 Å². The van der Waals surface area contributed by atoms with Crippen LogP contribution in [0.15, 0.2) is 18.2 Å². The average Bonchev–Trinajstić information content (AvgIpc) is 2.53. The third kappa shape index (κ3) is 8.54. The number of hydrogen-bond donors (Lipinski definition) is 2. The molecule has 0 saturated heterocycles. The van der Waals surface area contributed by atoms with Gasteiger partial charge in [0.2, 0.25) is 0 Å². The third-order valence-corrected chi connectivity index (χ3v) is 4.06. The van der Waals surface area contributed by atoms with E-state index in [1.807, 2.05) is 0 Å². The monoisotopic (exact) mass is 407 g/mol. The van der Waals surface area contributed by atoms with Crippen molar-refractivity contribution < 1.29 is 24.2 Å². The van der Waals surface area contributed by atoms with Crippen molar-refractivity contribution in [1.29, 1.82) is 0 Å². The molecule has 1 aromatic rings. The summed E-state index contributed by atoms with van der Waals surface area (Å²) in [4.78, 5) is 24.7. The van der Waals surface area contributed by atoms with Gasteiger partial charge in [0.15, 0.2) is 11.5 Å². The lowest BCUT2D eigenvalue weighted by Gasteiger charge is -2.23. The number of nitrogens with one attached hydrogen (secondary N) is 1. The second-order valence-electron chi connectivity index (χ2n) is 10.5. The predicted molar refractivity (Wildman–Crippen MR) is 114 cm³/mol. The van der Waals surface area contributed by atoms with E-state index in [4.69, 9.17) is 9.47 Å². The quantitative estimate of drug-likeness (QED) is 0.537. The Morgan fingerprint density at radius 2 is 1.38 bits per heavy atom. The summed E-state index contributed by atoms with van der Waals surface area (Å²) in [6.07, 6.45) is -0.255. The van der Waals surface area contributed by atoms with Crippen molar-refractivity contribution in [3.63, 3.8) is 0 Å². The van der Waals surface area contributed by atoms with Crippen molar-refractivity contribution in [2.75, 3.05) is 6.54 Å². The maximum absolute atomic E-state index is 12.4. The minimum Gasteiger partial charge on any atom is -0.422 e. The Hall–Kier alpha value is -1.92. The average molecular weight is 408 g/mol. The second-order valence-corrected chi connectivity index (χ2v) is 10.5. The van der Waals surface area contributed by atoms with Gasteiger partial charge in [0, 0.05) is 5.54 Å². The van der Waals surface area contributed by atoms with Crippen LogP contribution < -0.4 is 14.8 Å². The summed E-state index contributed by atoms with van der Waals surface area (Å²) in [7, 11) is 0. The molecule has 1 aromatic carbocycles. The van der Waals surface area contributed by atoms with Gasteiger partial charge in [0.05, 0.1) is 16.9 Å². The molecule has 29 heavy (non-hydrogen) atoms. The first-order valence-corrected chi connectivity index (χ1v) is 10.0. The van der Waals surface area contributed by atoms with Crippen LogP contribution in [-0.2, 0) is 9.59 Å². The van der Waals surface area contributed by atoms with Gasteiger partial charge in [0.1, 0.15) is 0 Å². The zero-order valence-electron chi connectivity index (χ0n) is 19.3. The highest BCUT2D eigenvalue weighted by molar-refractivity contribution is 5.81. The molecule has 2 N–H and O–H groups in total. The molecule has 0 radical (unpaired) electrons. The largest absolute Gasteiger partial charge is 0.422 e. The molecule has 164 valence electrons. The Morgan fingerprint density at radius 3 is 1.83 bits per heavy atom. The number of ether oxygens (including phenoxy) is 2. The fraction of sp³-hybridized carbons (Fsp3) is 0.652. The standard InChI is InChI=1S/C23H37NO5/c1-21(2,3)19(26)28-17-11-10-15(16(25)12-13-24-23(7,8)9)14-18(17)29-20(27)22(4,5)6/h10-11,14,16,24-25H,12-13H2,1-9H3. The highest BCUT2D eigenvalue weighted by atomic mass is 16.6.